The third kappa shape index (κ3) is 5.17. The molecule has 0 atom stereocenters. The van der Waals surface area contributed by atoms with Crippen molar-refractivity contribution >= 4 is 33.4 Å². The van der Waals surface area contributed by atoms with E-state index in [1.54, 1.807) is 30.6 Å². The van der Waals surface area contributed by atoms with Crippen molar-refractivity contribution in [2.24, 2.45) is 0 Å². The highest BCUT2D eigenvalue weighted by Crippen LogP contribution is 2.15. The normalized spacial score (nSPS) is 10.2. The van der Waals surface area contributed by atoms with E-state index in [1.807, 2.05) is 25.1 Å². The summed E-state index contributed by atoms with van der Waals surface area (Å²) in [5.41, 5.74) is 1.67. The number of carbonyl (C=O) groups is 2. The minimum atomic E-state index is -0.625. The van der Waals surface area contributed by atoms with Crippen LogP contribution in [-0.2, 0) is 16.0 Å². The first kappa shape index (κ1) is 17.1. The number of pyridine rings is 1. The minimum Gasteiger partial charge on any atom is -0.334 e. The number of benzene rings is 1. The van der Waals surface area contributed by atoms with E-state index >= 15 is 0 Å². The summed E-state index contributed by atoms with van der Waals surface area (Å²) < 4.78 is 0.841. The Morgan fingerprint density at radius 2 is 1.96 bits per heavy atom. The molecule has 0 aliphatic rings. The van der Waals surface area contributed by atoms with E-state index in [0.29, 0.717) is 25.2 Å². The summed E-state index contributed by atoms with van der Waals surface area (Å²) >= 11 is 3.33. The lowest BCUT2D eigenvalue weighted by atomic mass is 10.2. The van der Waals surface area contributed by atoms with Crippen molar-refractivity contribution < 1.29 is 9.59 Å². The molecule has 0 aliphatic carbocycles. The van der Waals surface area contributed by atoms with Gasteiger partial charge in [-0.25, -0.2) is 0 Å². The van der Waals surface area contributed by atoms with Crippen LogP contribution in [0.4, 0.5) is 5.69 Å². The van der Waals surface area contributed by atoms with Crippen LogP contribution in [0.25, 0.3) is 0 Å². The number of hydrogen-bond donors (Lipinski definition) is 1. The highest BCUT2D eigenvalue weighted by molar-refractivity contribution is 9.10. The zero-order chi connectivity index (χ0) is 16.7. The van der Waals surface area contributed by atoms with Gasteiger partial charge in [-0.15, -0.1) is 0 Å². The summed E-state index contributed by atoms with van der Waals surface area (Å²) in [4.78, 5) is 29.9. The summed E-state index contributed by atoms with van der Waals surface area (Å²) in [6.07, 6.45) is 4.12. The molecule has 120 valence electrons. The number of carbonyl (C=O) groups excluding carboxylic acids is 2. The molecule has 23 heavy (non-hydrogen) atoms. The van der Waals surface area contributed by atoms with Crippen LogP contribution in [0.1, 0.15) is 12.5 Å². The van der Waals surface area contributed by atoms with Gasteiger partial charge < -0.3 is 10.2 Å². The first-order valence-corrected chi connectivity index (χ1v) is 8.14. The van der Waals surface area contributed by atoms with Gasteiger partial charge in [-0.3, -0.25) is 14.6 Å². The van der Waals surface area contributed by atoms with Crippen molar-refractivity contribution in [2.75, 3.05) is 18.4 Å². The number of hydrogen-bond acceptors (Lipinski definition) is 3. The molecule has 0 saturated heterocycles. The molecule has 1 heterocycles. The van der Waals surface area contributed by atoms with E-state index in [9.17, 15) is 9.59 Å². The summed E-state index contributed by atoms with van der Waals surface area (Å²) in [7, 11) is 0. The maximum Gasteiger partial charge on any atom is 0.313 e. The Hall–Kier alpha value is -2.21. The molecule has 0 radical (unpaired) electrons. The number of halogens is 1. The Labute approximate surface area is 143 Å². The van der Waals surface area contributed by atoms with Crippen LogP contribution in [0.2, 0.25) is 0 Å². The topological polar surface area (TPSA) is 62.3 Å². The van der Waals surface area contributed by atoms with Gasteiger partial charge in [-0.1, -0.05) is 22.0 Å². The van der Waals surface area contributed by atoms with Crippen molar-refractivity contribution in [1.82, 2.24) is 9.88 Å². The first-order chi connectivity index (χ1) is 11.1. The molecule has 0 aliphatic heterocycles. The largest absolute Gasteiger partial charge is 0.334 e. The quantitative estimate of drug-likeness (QED) is 0.817. The fraction of sp³-hybridized carbons (Fsp3) is 0.235. The fourth-order valence-electron chi connectivity index (χ4n) is 2.11. The van der Waals surface area contributed by atoms with Gasteiger partial charge in [0.2, 0.25) is 0 Å². The monoisotopic (exact) mass is 375 g/mol. The molecule has 0 fully saturated rings. The lowest BCUT2D eigenvalue weighted by molar-refractivity contribution is -0.143. The molecule has 0 spiro atoms. The second kappa shape index (κ2) is 8.43. The molecule has 0 saturated carbocycles. The molecule has 5 nitrogen and oxygen atoms in total. The molecular weight excluding hydrogens is 358 g/mol. The van der Waals surface area contributed by atoms with Crippen molar-refractivity contribution in [1.29, 1.82) is 0 Å². The highest BCUT2D eigenvalue weighted by Gasteiger charge is 2.20. The smallest absolute Gasteiger partial charge is 0.313 e. The van der Waals surface area contributed by atoms with Gasteiger partial charge >= 0.3 is 11.8 Å². The van der Waals surface area contributed by atoms with E-state index in [1.165, 1.54) is 4.90 Å². The molecule has 1 aromatic heterocycles. The Morgan fingerprint density at radius 3 is 2.61 bits per heavy atom. The Balaban J connectivity index is 1.94. The van der Waals surface area contributed by atoms with Crippen molar-refractivity contribution in [3.05, 3.63) is 58.8 Å². The van der Waals surface area contributed by atoms with Gasteiger partial charge in [0.1, 0.15) is 0 Å². The SMILES string of the molecule is CCN(CCc1ccncc1)C(=O)C(=O)Nc1cccc(Br)c1. The summed E-state index contributed by atoms with van der Waals surface area (Å²) in [5, 5.41) is 2.63. The fourth-order valence-corrected chi connectivity index (χ4v) is 2.51. The van der Waals surface area contributed by atoms with E-state index in [-0.39, 0.29) is 0 Å². The minimum absolute atomic E-state index is 0.482. The highest BCUT2D eigenvalue weighted by atomic mass is 79.9. The zero-order valence-corrected chi connectivity index (χ0v) is 14.4. The molecule has 2 aromatic rings. The number of nitrogens with one attached hydrogen (secondary N) is 1. The summed E-state index contributed by atoms with van der Waals surface area (Å²) in [6.45, 7) is 2.83. The van der Waals surface area contributed by atoms with Gasteiger partial charge in [-0.2, -0.15) is 0 Å². The average molecular weight is 376 g/mol. The van der Waals surface area contributed by atoms with Crippen LogP contribution in [-0.4, -0.2) is 34.8 Å². The predicted molar refractivity (Wildman–Crippen MR) is 93.0 cm³/mol. The molecule has 1 N–H and O–H groups in total. The van der Waals surface area contributed by atoms with E-state index in [4.69, 9.17) is 0 Å². The van der Waals surface area contributed by atoms with Gasteiger partial charge in [-0.05, 0) is 49.2 Å². The number of likely N-dealkylation sites (N-methyl/N-ethyl adjacent to an activating group) is 1. The van der Waals surface area contributed by atoms with Gasteiger partial charge in [0.05, 0.1) is 0 Å². The lowest BCUT2D eigenvalue weighted by Crippen LogP contribution is -2.40. The lowest BCUT2D eigenvalue weighted by Gasteiger charge is -2.20. The predicted octanol–water partition coefficient (Wildman–Crippen LogP) is 2.87. The first-order valence-electron chi connectivity index (χ1n) is 7.35. The molecule has 2 amide bonds. The van der Waals surface area contributed by atoms with Crippen LogP contribution in [0, 0.1) is 0 Å². The number of aromatic nitrogens is 1. The van der Waals surface area contributed by atoms with Gasteiger partial charge in [0.15, 0.2) is 0 Å². The van der Waals surface area contributed by atoms with Crippen LogP contribution >= 0.6 is 15.9 Å². The Bertz CT molecular complexity index is 677. The summed E-state index contributed by atoms with van der Waals surface area (Å²) in [5.74, 6) is -1.15. The summed E-state index contributed by atoms with van der Waals surface area (Å²) in [6, 6.07) is 10.9. The molecular formula is C17H18BrN3O2. The van der Waals surface area contributed by atoms with Crippen LogP contribution < -0.4 is 5.32 Å². The number of nitrogens with zero attached hydrogens (tertiary/aromatic N) is 2. The zero-order valence-electron chi connectivity index (χ0n) is 12.8. The maximum absolute atomic E-state index is 12.3. The van der Waals surface area contributed by atoms with Crippen molar-refractivity contribution in [2.45, 2.75) is 13.3 Å². The molecule has 0 unspecified atom stereocenters. The standard InChI is InChI=1S/C17H18BrN3O2/c1-2-21(11-8-13-6-9-19-10-7-13)17(23)16(22)20-15-5-3-4-14(18)12-15/h3-7,9-10,12H,2,8,11H2,1H3,(H,20,22). The van der Waals surface area contributed by atoms with Gasteiger partial charge in [0, 0.05) is 35.6 Å². The van der Waals surface area contributed by atoms with Crippen molar-refractivity contribution in [3.8, 4) is 0 Å². The second-order valence-electron chi connectivity index (χ2n) is 4.95. The van der Waals surface area contributed by atoms with E-state index in [2.05, 4.69) is 26.2 Å². The van der Waals surface area contributed by atoms with Gasteiger partial charge in [0.25, 0.3) is 0 Å². The van der Waals surface area contributed by atoms with E-state index < -0.39 is 11.8 Å². The Morgan fingerprint density at radius 1 is 1.22 bits per heavy atom. The second-order valence-corrected chi connectivity index (χ2v) is 5.87. The molecule has 1 aromatic carbocycles. The maximum atomic E-state index is 12.3. The molecule has 0 bridgehead atoms. The molecule has 6 heteroatoms. The third-order valence-electron chi connectivity index (χ3n) is 3.37. The Kier molecular flexibility index (Phi) is 6.29. The number of anilines is 1. The number of amides is 2. The van der Waals surface area contributed by atoms with E-state index in [0.717, 1.165) is 10.0 Å². The third-order valence-corrected chi connectivity index (χ3v) is 3.86. The van der Waals surface area contributed by atoms with Crippen LogP contribution in [0.15, 0.2) is 53.3 Å². The van der Waals surface area contributed by atoms with Crippen LogP contribution in [0.3, 0.4) is 0 Å². The number of rotatable bonds is 5. The van der Waals surface area contributed by atoms with Crippen molar-refractivity contribution in [3.63, 3.8) is 0 Å². The van der Waals surface area contributed by atoms with Crippen LogP contribution in [0.5, 0.6) is 0 Å². The average Bonchev–Trinajstić information content (AvgIpc) is 2.56. The molecule has 2 rings (SSSR count).